The fourth-order valence-corrected chi connectivity index (χ4v) is 1.05. The SMILES string of the molecule is CNC(=S)NN=CC(=NNC(=S)NC)c1ccco1.[Cu]. The molecule has 0 aliphatic carbocycles. The first-order valence-electron chi connectivity index (χ1n) is 5.27. The van der Waals surface area contributed by atoms with E-state index in [0.717, 1.165) is 0 Å². The predicted molar refractivity (Wildman–Crippen MR) is 83.3 cm³/mol. The van der Waals surface area contributed by atoms with Gasteiger partial charge in [-0.15, -0.1) is 0 Å². The van der Waals surface area contributed by atoms with Crippen LogP contribution in [-0.2, 0) is 17.1 Å². The van der Waals surface area contributed by atoms with Crippen LogP contribution in [0.1, 0.15) is 5.76 Å². The van der Waals surface area contributed by atoms with E-state index in [4.69, 9.17) is 28.9 Å². The first kappa shape index (κ1) is 18.5. The maximum Gasteiger partial charge on any atom is 0.186 e. The molecule has 1 aromatic heterocycles. The monoisotopic (exact) mass is 361 g/mol. The van der Waals surface area contributed by atoms with E-state index in [9.17, 15) is 0 Å². The normalized spacial score (nSPS) is 10.6. The molecular weight excluding hydrogens is 348 g/mol. The van der Waals surface area contributed by atoms with Crippen molar-refractivity contribution in [2.75, 3.05) is 14.1 Å². The number of thiocarbonyl (C=S) groups is 2. The molecule has 0 atom stereocenters. The molecule has 0 aliphatic heterocycles. The van der Waals surface area contributed by atoms with Crippen molar-refractivity contribution in [2.45, 2.75) is 0 Å². The summed E-state index contributed by atoms with van der Waals surface area (Å²) in [6.45, 7) is 0. The molecule has 1 heterocycles. The van der Waals surface area contributed by atoms with E-state index in [1.165, 1.54) is 6.21 Å². The minimum atomic E-state index is 0. The van der Waals surface area contributed by atoms with Gasteiger partial charge in [-0.25, -0.2) is 0 Å². The standard InChI is InChI=1S/C10H14N6OS2.Cu/c1-11-9(18)15-13-6-7(8-4-3-5-17-8)14-16-10(19)12-2;/h3-6H,1-2H3,(H2,11,15,18)(H2,12,16,19);. The fraction of sp³-hybridized carbons (Fsp3) is 0.200. The zero-order chi connectivity index (χ0) is 14.1. The van der Waals surface area contributed by atoms with E-state index < -0.39 is 0 Å². The Morgan fingerprint density at radius 1 is 1.20 bits per heavy atom. The molecule has 0 saturated carbocycles. The molecule has 1 rings (SSSR count). The van der Waals surface area contributed by atoms with Crippen LogP contribution in [0.3, 0.4) is 0 Å². The van der Waals surface area contributed by atoms with E-state index in [0.29, 0.717) is 21.7 Å². The van der Waals surface area contributed by atoms with Crippen LogP contribution in [0.25, 0.3) is 0 Å². The number of furan rings is 1. The van der Waals surface area contributed by atoms with Gasteiger partial charge < -0.3 is 15.1 Å². The first-order chi connectivity index (χ1) is 9.17. The number of hydrogen-bond acceptors (Lipinski definition) is 5. The van der Waals surface area contributed by atoms with Gasteiger partial charge in [-0.3, -0.25) is 10.9 Å². The smallest absolute Gasteiger partial charge is 0.186 e. The molecule has 0 unspecified atom stereocenters. The summed E-state index contributed by atoms with van der Waals surface area (Å²) < 4.78 is 5.24. The molecule has 20 heavy (non-hydrogen) atoms. The topological polar surface area (TPSA) is 86.0 Å². The van der Waals surface area contributed by atoms with Crippen LogP contribution < -0.4 is 21.5 Å². The van der Waals surface area contributed by atoms with Crippen molar-refractivity contribution in [3.8, 4) is 0 Å². The Morgan fingerprint density at radius 2 is 1.85 bits per heavy atom. The number of nitrogens with one attached hydrogen (secondary N) is 4. The molecule has 0 saturated heterocycles. The van der Waals surface area contributed by atoms with Gasteiger partial charge >= 0.3 is 0 Å². The summed E-state index contributed by atoms with van der Waals surface area (Å²) in [5, 5.41) is 14.3. The minimum absolute atomic E-state index is 0. The van der Waals surface area contributed by atoms with E-state index in [-0.39, 0.29) is 17.1 Å². The fourth-order valence-electron chi connectivity index (χ4n) is 0.947. The zero-order valence-electron chi connectivity index (χ0n) is 10.7. The van der Waals surface area contributed by atoms with Gasteiger partial charge in [0.2, 0.25) is 0 Å². The average Bonchev–Trinajstić information content (AvgIpc) is 2.95. The molecule has 1 aromatic rings. The Kier molecular flexibility index (Phi) is 9.56. The summed E-state index contributed by atoms with van der Waals surface area (Å²) in [4.78, 5) is 0. The van der Waals surface area contributed by atoms with Gasteiger partial charge in [0.05, 0.1) is 12.5 Å². The molecule has 0 spiro atoms. The Morgan fingerprint density at radius 3 is 2.40 bits per heavy atom. The molecule has 0 bridgehead atoms. The maximum absolute atomic E-state index is 5.24. The number of nitrogens with zero attached hydrogens (tertiary/aromatic N) is 2. The quantitative estimate of drug-likeness (QED) is 0.263. The summed E-state index contributed by atoms with van der Waals surface area (Å²) in [5.41, 5.74) is 5.74. The molecule has 1 radical (unpaired) electrons. The third-order valence-electron chi connectivity index (χ3n) is 1.86. The second kappa shape index (κ2) is 10.3. The Labute approximate surface area is 138 Å². The largest absolute Gasteiger partial charge is 0.463 e. The molecule has 0 aromatic carbocycles. The van der Waals surface area contributed by atoms with Gasteiger partial charge in [-0.1, -0.05) is 0 Å². The van der Waals surface area contributed by atoms with E-state index in [1.54, 1.807) is 32.5 Å². The summed E-state index contributed by atoms with van der Waals surface area (Å²) in [6, 6.07) is 3.51. The van der Waals surface area contributed by atoms with E-state index >= 15 is 0 Å². The molecule has 10 heteroatoms. The Bertz CT molecular complexity index is 488. The van der Waals surface area contributed by atoms with Crippen molar-refractivity contribution in [2.24, 2.45) is 10.2 Å². The number of hydrazone groups is 2. The molecule has 4 N–H and O–H groups in total. The van der Waals surface area contributed by atoms with Crippen molar-refractivity contribution in [3.05, 3.63) is 24.2 Å². The van der Waals surface area contributed by atoms with E-state index in [1.807, 2.05) is 0 Å². The van der Waals surface area contributed by atoms with Crippen LogP contribution in [-0.4, -0.2) is 36.2 Å². The Balaban J connectivity index is 0.00000361. The molecular formula is C10H14CuN6OS2. The molecule has 113 valence electrons. The predicted octanol–water partition coefficient (Wildman–Crippen LogP) is 0.155. The summed E-state index contributed by atoms with van der Waals surface area (Å²) in [7, 11) is 3.39. The molecule has 0 fully saturated rings. The molecule has 0 amide bonds. The number of rotatable bonds is 4. The molecule has 0 aliphatic rings. The van der Waals surface area contributed by atoms with Crippen molar-refractivity contribution in [1.29, 1.82) is 0 Å². The van der Waals surface area contributed by atoms with Gasteiger partial charge in [0.15, 0.2) is 16.0 Å². The van der Waals surface area contributed by atoms with Crippen molar-refractivity contribution in [1.82, 2.24) is 21.5 Å². The van der Waals surface area contributed by atoms with Crippen LogP contribution in [0.15, 0.2) is 33.0 Å². The van der Waals surface area contributed by atoms with Gasteiger partial charge in [0, 0.05) is 31.2 Å². The summed E-state index contributed by atoms with van der Waals surface area (Å²) >= 11 is 9.81. The first-order valence-corrected chi connectivity index (χ1v) is 6.09. The van der Waals surface area contributed by atoms with Crippen LogP contribution in [0.5, 0.6) is 0 Å². The third kappa shape index (κ3) is 6.62. The second-order valence-electron chi connectivity index (χ2n) is 3.11. The van der Waals surface area contributed by atoms with Gasteiger partial charge in [0.25, 0.3) is 0 Å². The van der Waals surface area contributed by atoms with Gasteiger partial charge in [-0.05, 0) is 36.6 Å². The second-order valence-corrected chi connectivity index (χ2v) is 3.93. The summed E-state index contributed by atoms with van der Waals surface area (Å²) in [6.07, 6.45) is 3.01. The maximum atomic E-state index is 5.24. The number of hydrogen-bond donors (Lipinski definition) is 4. The average molecular weight is 362 g/mol. The Hall–Kier alpha value is -1.48. The van der Waals surface area contributed by atoms with Crippen molar-refractivity contribution in [3.63, 3.8) is 0 Å². The molecule has 7 nitrogen and oxygen atoms in total. The minimum Gasteiger partial charge on any atom is -0.463 e. The van der Waals surface area contributed by atoms with Crippen LogP contribution in [0, 0.1) is 0 Å². The van der Waals surface area contributed by atoms with Crippen molar-refractivity contribution < 1.29 is 21.5 Å². The summed E-state index contributed by atoms with van der Waals surface area (Å²) in [5.74, 6) is 0.548. The van der Waals surface area contributed by atoms with Crippen molar-refractivity contribution >= 4 is 46.6 Å². The van der Waals surface area contributed by atoms with Crippen LogP contribution in [0.4, 0.5) is 0 Å². The van der Waals surface area contributed by atoms with Gasteiger partial charge in [0.1, 0.15) is 5.71 Å². The van der Waals surface area contributed by atoms with E-state index in [2.05, 4.69) is 31.7 Å². The van der Waals surface area contributed by atoms with Crippen LogP contribution >= 0.6 is 24.4 Å². The zero-order valence-corrected chi connectivity index (χ0v) is 13.3. The third-order valence-corrected chi connectivity index (χ3v) is 2.45. The van der Waals surface area contributed by atoms with Gasteiger partial charge in [-0.2, -0.15) is 10.2 Å². The van der Waals surface area contributed by atoms with Crippen LogP contribution in [0.2, 0.25) is 0 Å².